The van der Waals surface area contributed by atoms with Crippen LogP contribution in [0.2, 0.25) is 0 Å². The Kier molecular flexibility index (Phi) is 7.64. The Morgan fingerprint density at radius 3 is 2.07 bits per heavy atom. The predicted molar refractivity (Wildman–Crippen MR) is 69.3 cm³/mol. The molecule has 0 atom stereocenters. The maximum absolute atomic E-state index is 5.33. The zero-order valence-electron chi connectivity index (χ0n) is 9.86. The topological polar surface area (TPSA) is 12.5 Å². The van der Waals surface area contributed by atoms with Crippen molar-refractivity contribution in [2.24, 2.45) is 0 Å². The average Bonchev–Trinajstić information content (AvgIpc) is 2.20. The third kappa shape index (κ3) is 6.91. The Labute approximate surface area is 97.9 Å². The van der Waals surface area contributed by atoms with Gasteiger partial charge in [-0.2, -0.15) is 0 Å². The van der Waals surface area contributed by atoms with E-state index in [9.17, 15) is 0 Å². The van der Waals surface area contributed by atoms with Crippen molar-refractivity contribution in [1.29, 1.82) is 0 Å². The maximum atomic E-state index is 5.33. The molecule has 0 N–H and O–H groups in total. The molecule has 0 radical (unpaired) electrons. The van der Waals surface area contributed by atoms with Crippen molar-refractivity contribution < 1.29 is 4.74 Å². The zero-order chi connectivity index (χ0) is 11.7. The normalized spacial score (nSPS) is 8.53. The number of hydrogen-bond acceptors (Lipinski definition) is 2. The molecule has 0 amide bonds. The highest BCUT2D eigenvalue weighted by Crippen LogP contribution is 2.09. The van der Waals surface area contributed by atoms with E-state index in [-0.39, 0.29) is 0 Å². The number of nitrogens with zero attached hydrogens (tertiary/aromatic N) is 1. The molecule has 2 nitrogen and oxygen atoms in total. The van der Waals surface area contributed by atoms with Gasteiger partial charge in [0.2, 0.25) is 0 Å². The highest BCUT2D eigenvalue weighted by atomic mass is 32.1. The molecule has 0 heterocycles. The van der Waals surface area contributed by atoms with Crippen molar-refractivity contribution in [3.63, 3.8) is 0 Å². The summed E-state index contributed by atoms with van der Waals surface area (Å²) < 4.78 is 5.33. The third-order valence-electron chi connectivity index (χ3n) is 1.31. The van der Waals surface area contributed by atoms with Crippen LogP contribution in [0.15, 0.2) is 30.3 Å². The summed E-state index contributed by atoms with van der Waals surface area (Å²) in [6.07, 6.45) is 1.25. The van der Waals surface area contributed by atoms with E-state index in [1.54, 1.807) is 4.90 Å². The fourth-order valence-electron chi connectivity index (χ4n) is 0.681. The van der Waals surface area contributed by atoms with E-state index in [0.717, 1.165) is 5.75 Å². The van der Waals surface area contributed by atoms with Gasteiger partial charge in [0.25, 0.3) is 5.17 Å². The first-order chi connectivity index (χ1) is 7.11. The summed E-state index contributed by atoms with van der Waals surface area (Å²) in [5.74, 6) is 0.774. The summed E-state index contributed by atoms with van der Waals surface area (Å²) in [6, 6.07) is 9.50. The van der Waals surface area contributed by atoms with Gasteiger partial charge in [-0.25, -0.2) is 0 Å². The molecule has 0 aliphatic heterocycles. The number of benzene rings is 1. The van der Waals surface area contributed by atoms with E-state index in [2.05, 4.69) is 13.8 Å². The Hall–Kier alpha value is -1.09. The van der Waals surface area contributed by atoms with Gasteiger partial charge in [0, 0.05) is 14.1 Å². The lowest BCUT2D eigenvalue weighted by Gasteiger charge is -2.13. The minimum atomic E-state index is 0.473. The van der Waals surface area contributed by atoms with E-state index < -0.39 is 0 Å². The van der Waals surface area contributed by atoms with E-state index in [4.69, 9.17) is 17.0 Å². The molecule has 0 saturated carbocycles. The van der Waals surface area contributed by atoms with Crippen molar-refractivity contribution in [3.05, 3.63) is 30.3 Å². The standard InChI is InChI=1S/C9H11NOS.C3H8/c1-10(2)9(12)11-8-6-4-3-5-7-8;1-3-2/h3-7H,1-2H3;3H2,1-2H3. The van der Waals surface area contributed by atoms with Gasteiger partial charge in [-0.05, 0) is 24.4 Å². The van der Waals surface area contributed by atoms with Crippen molar-refractivity contribution in [3.8, 4) is 5.75 Å². The number of thiocarbonyl (C=S) groups is 1. The molecule has 1 rings (SSSR count). The Bertz CT molecular complexity index is 272. The lowest BCUT2D eigenvalue weighted by molar-refractivity contribution is 0.449. The molecule has 1 aromatic carbocycles. The van der Waals surface area contributed by atoms with Crippen LogP contribution in [0.25, 0.3) is 0 Å². The third-order valence-corrected chi connectivity index (χ3v) is 1.76. The van der Waals surface area contributed by atoms with Crippen LogP contribution in [0, 0.1) is 0 Å². The van der Waals surface area contributed by atoms with Crippen LogP contribution in [-0.4, -0.2) is 24.2 Å². The van der Waals surface area contributed by atoms with Gasteiger partial charge in [0.1, 0.15) is 5.75 Å². The second kappa shape index (κ2) is 8.24. The summed E-state index contributed by atoms with van der Waals surface area (Å²) in [7, 11) is 3.70. The fourth-order valence-corrected chi connectivity index (χ4v) is 0.777. The monoisotopic (exact) mass is 225 g/mol. The summed E-state index contributed by atoms with van der Waals surface area (Å²) in [5.41, 5.74) is 0. The maximum Gasteiger partial charge on any atom is 0.264 e. The second-order valence-electron chi connectivity index (χ2n) is 3.28. The first kappa shape index (κ1) is 13.9. The molecule has 15 heavy (non-hydrogen) atoms. The van der Waals surface area contributed by atoms with E-state index >= 15 is 0 Å². The molecule has 1 aromatic rings. The smallest absolute Gasteiger partial charge is 0.264 e. The largest absolute Gasteiger partial charge is 0.432 e. The Morgan fingerprint density at radius 2 is 1.67 bits per heavy atom. The molecule has 0 aromatic heterocycles. The summed E-state index contributed by atoms with van der Waals surface area (Å²) in [5, 5.41) is 0.473. The molecule has 0 bridgehead atoms. The molecule has 0 saturated heterocycles. The van der Waals surface area contributed by atoms with Crippen LogP contribution in [0.4, 0.5) is 0 Å². The highest BCUT2D eigenvalue weighted by Gasteiger charge is 1.99. The predicted octanol–water partition coefficient (Wildman–Crippen LogP) is 3.33. The number of ether oxygens (including phenoxy) is 1. The fraction of sp³-hybridized carbons (Fsp3) is 0.417. The molecule has 0 spiro atoms. The number of rotatable bonds is 1. The molecule has 0 unspecified atom stereocenters. The average molecular weight is 225 g/mol. The van der Waals surface area contributed by atoms with Gasteiger partial charge in [-0.1, -0.05) is 38.5 Å². The van der Waals surface area contributed by atoms with E-state index in [0.29, 0.717) is 5.17 Å². The molecular formula is C12H19NOS. The van der Waals surface area contributed by atoms with Crippen molar-refractivity contribution in [2.75, 3.05) is 14.1 Å². The van der Waals surface area contributed by atoms with Crippen molar-refractivity contribution in [2.45, 2.75) is 20.3 Å². The summed E-state index contributed by atoms with van der Waals surface area (Å²) in [4.78, 5) is 1.75. The molecule has 0 aliphatic rings. The van der Waals surface area contributed by atoms with E-state index in [1.165, 1.54) is 6.42 Å². The first-order valence-corrected chi connectivity index (χ1v) is 5.46. The van der Waals surface area contributed by atoms with Gasteiger partial charge < -0.3 is 9.64 Å². The molecule has 0 aliphatic carbocycles. The summed E-state index contributed by atoms with van der Waals surface area (Å²) in [6.45, 7) is 4.25. The number of hydrogen-bond donors (Lipinski definition) is 0. The van der Waals surface area contributed by atoms with Crippen LogP contribution in [-0.2, 0) is 0 Å². The van der Waals surface area contributed by atoms with Crippen molar-refractivity contribution in [1.82, 2.24) is 4.90 Å². The first-order valence-electron chi connectivity index (χ1n) is 5.06. The Balaban J connectivity index is 0.000000583. The van der Waals surface area contributed by atoms with Crippen LogP contribution in [0.1, 0.15) is 20.3 Å². The summed E-state index contributed by atoms with van der Waals surface area (Å²) >= 11 is 4.96. The lowest BCUT2D eigenvalue weighted by Crippen LogP contribution is -2.24. The van der Waals surface area contributed by atoms with E-state index in [1.807, 2.05) is 44.4 Å². The van der Waals surface area contributed by atoms with Crippen LogP contribution in [0.5, 0.6) is 5.75 Å². The molecule has 3 heteroatoms. The van der Waals surface area contributed by atoms with Crippen LogP contribution >= 0.6 is 12.2 Å². The SMILES string of the molecule is CCC.CN(C)C(=S)Oc1ccccc1. The number of para-hydroxylation sites is 1. The molecular weight excluding hydrogens is 206 g/mol. The van der Waals surface area contributed by atoms with Gasteiger partial charge in [-0.15, -0.1) is 0 Å². The second-order valence-corrected chi connectivity index (χ2v) is 3.63. The minimum absolute atomic E-state index is 0.473. The van der Waals surface area contributed by atoms with Gasteiger partial charge in [-0.3, -0.25) is 0 Å². The van der Waals surface area contributed by atoms with Crippen LogP contribution in [0.3, 0.4) is 0 Å². The Morgan fingerprint density at radius 1 is 1.20 bits per heavy atom. The minimum Gasteiger partial charge on any atom is -0.432 e. The molecule has 84 valence electrons. The highest BCUT2D eigenvalue weighted by molar-refractivity contribution is 7.80. The lowest BCUT2D eigenvalue weighted by atomic mass is 10.3. The molecule has 0 fully saturated rings. The quantitative estimate of drug-likeness (QED) is 0.680. The van der Waals surface area contributed by atoms with Gasteiger partial charge in [0.05, 0.1) is 0 Å². The zero-order valence-corrected chi connectivity index (χ0v) is 10.7. The van der Waals surface area contributed by atoms with Crippen LogP contribution < -0.4 is 4.74 Å². The van der Waals surface area contributed by atoms with Gasteiger partial charge >= 0.3 is 0 Å². The van der Waals surface area contributed by atoms with Crippen molar-refractivity contribution >= 4 is 17.4 Å². The van der Waals surface area contributed by atoms with Gasteiger partial charge in [0.15, 0.2) is 0 Å².